The summed E-state index contributed by atoms with van der Waals surface area (Å²) in [4.78, 5) is 10.8. The van der Waals surface area contributed by atoms with E-state index >= 15 is 0 Å². The average molecular weight is 234 g/mol. The van der Waals surface area contributed by atoms with Crippen molar-refractivity contribution in [2.45, 2.75) is 38.6 Å². The molecule has 2 heterocycles. The fourth-order valence-electron chi connectivity index (χ4n) is 1.88. The van der Waals surface area contributed by atoms with Gasteiger partial charge in [-0.1, -0.05) is 0 Å². The van der Waals surface area contributed by atoms with Crippen LogP contribution in [0.2, 0.25) is 0 Å². The van der Waals surface area contributed by atoms with Crippen LogP contribution in [0.15, 0.2) is 12.3 Å². The number of nitrogens with zero attached hydrogens (tertiary/aromatic N) is 3. The van der Waals surface area contributed by atoms with Crippen LogP contribution in [0.4, 0.5) is 5.95 Å². The van der Waals surface area contributed by atoms with Gasteiger partial charge in [0.05, 0.1) is 0 Å². The number of aromatic nitrogens is 2. The van der Waals surface area contributed by atoms with E-state index in [1.165, 1.54) is 25.7 Å². The molecular formula is C13H22N4. The molecule has 0 aromatic carbocycles. The van der Waals surface area contributed by atoms with E-state index < -0.39 is 0 Å². The highest BCUT2D eigenvalue weighted by atomic mass is 15.3. The third-order valence-electron chi connectivity index (χ3n) is 3.16. The molecule has 4 nitrogen and oxygen atoms in total. The minimum atomic E-state index is 0.884. The molecule has 0 atom stereocenters. The molecular weight excluding hydrogens is 212 g/mol. The summed E-state index contributed by atoms with van der Waals surface area (Å²) in [5.41, 5.74) is 1.05. The van der Waals surface area contributed by atoms with E-state index in [9.17, 15) is 0 Å². The maximum absolute atomic E-state index is 4.37. The number of anilines is 1. The standard InChI is InChI=1S/C9H13N3.C4H9N/c1-8-4-5-10-9(11-8)12-6-2-3-7-12;1-5-4-2-3-4/h4-5H,2-3,6-7H2,1H3;4-5H,2-3H2,1H3. The van der Waals surface area contributed by atoms with Crippen LogP contribution in [-0.4, -0.2) is 36.1 Å². The fourth-order valence-corrected chi connectivity index (χ4v) is 1.88. The van der Waals surface area contributed by atoms with Gasteiger partial charge in [0.25, 0.3) is 0 Å². The summed E-state index contributed by atoms with van der Waals surface area (Å²) in [5, 5.41) is 3.14. The highest BCUT2D eigenvalue weighted by molar-refractivity contribution is 5.30. The number of nitrogens with one attached hydrogen (secondary N) is 1. The zero-order valence-corrected chi connectivity index (χ0v) is 10.8. The molecule has 1 saturated heterocycles. The smallest absolute Gasteiger partial charge is 0.225 e. The predicted octanol–water partition coefficient (Wildman–Crippen LogP) is 1.75. The van der Waals surface area contributed by atoms with Crippen LogP contribution in [0.5, 0.6) is 0 Å². The molecule has 2 aliphatic rings. The molecule has 1 aliphatic heterocycles. The van der Waals surface area contributed by atoms with Gasteiger partial charge < -0.3 is 10.2 Å². The van der Waals surface area contributed by atoms with Gasteiger partial charge in [0.2, 0.25) is 5.95 Å². The van der Waals surface area contributed by atoms with Crippen molar-refractivity contribution < 1.29 is 0 Å². The molecule has 2 fully saturated rings. The van der Waals surface area contributed by atoms with Crippen molar-refractivity contribution in [3.8, 4) is 0 Å². The second-order valence-corrected chi connectivity index (χ2v) is 4.76. The van der Waals surface area contributed by atoms with Crippen LogP contribution in [-0.2, 0) is 0 Å². The van der Waals surface area contributed by atoms with Crippen LogP contribution in [0.3, 0.4) is 0 Å². The van der Waals surface area contributed by atoms with E-state index in [2.05, 4.69) is 20.2 Å². The van der Waals surface area contributed by atoms with Gasteiger partial charge in [-0.15, -0.1) is 0 Å². The maximum Gasteiger partial charge on any atom is 0.225 e. The van der Waals surface area contributed by atoms with Gasteiger partial charge in [0, 0.05) is 31.0 Å². The Morgan fingerprint density at radius 2 is 2.00 bits per heavy atom. The Balaban J connectivity index is 0.000000181. The Morgan fingerprint density at radius 3 is 2.47 bits per heavy atom. The molecule has 0 spiro atoms. The van der Waals surface area contributed by atoms with E-state index in [1.54, 1.807) is 0 Å². The van der Waals surface area contributed by atoms with Crippen molar-refractivity contribution in [2.24, 2.45) is 0 Å². The number of hydrogen-bond acceptors (Lipinski definition) is 4. The molecule has 0 amide bonds. The van der Waals surface area contributed by atoms with Crippen LogP contribution in [0, 0.1) is 6.92 Å². The van der Waals surface area contributed by atoms with Gasteiger partial charge in [-0.3, -0.25) is 0 Å². The van der Waals surface area contributed by atoms with Crippen molar-refractivity contribution in [3.63, 3.8) is 0 Å². The Labute approximate surface area is 103 Å². The lowest BCUT2D eigenvalue weighted by Crippen LogP contribution is -2.20. The predicted molar refractivity (Wildman–Crippen MR) is 70.3 cm³/mol. The molecule has 1 N–H and O–H groups in total. The molecule has 17 heavy (non-hydrogen) atoms. The van der Waals surface area contributed by atoms with Crippen molar-refractivity contribution in [2.75, 3.05) is 25.0 Å². The van der Waals surface area contributed by atoms with Crippen molar-refractivity contribution in [3.05, 3.63) is 18.0 Å². The maximum atomic E-state index is 4.37. The summed E-state index contributed by atoms with van der Waals surface area (Å²) in [6.45, 7) is 4.23. The summed E-state index contributed by atoms with van der Waals surface area (Å²) >= 11 is 0. The van der Waals surface area contributed by atoms with Gasteiger partial charge in [0.15, 0.2) is 0 Å². The van der Waals surface area contributed by atoms with E-state index in [0.29, 0.717) is 0 Å². The monoisotopic (exact) mass is 234 g/mol. The van der Waals surface area contributed by atoms with Crippen LogP contribution in [0.1, 0.15) is 31.4 Å². The third kappa shape index (κ3) is 3.97. The summed E-state index contributed by atoms with van der Waals surface area (Å²) in [5.74, 6) is 0.896. The minimum absolute atomic E-state index is 0.884. The topological polar surface area (TPSA) is 41.1 Å². The van der Waals surface area contributed by atoms with E-state index in [0.717, 1.165) is 30.8 Å². The Kier molecular flexibility index (Phi) is 4.31. The fraction of sp³-hybridized carbons (Fsp3) is 0.692. The van der Waals surface area contributed by atoms with Crippen LogP contribution < -0.4 is 10.2 Å². The highest BCUT2D eigenvalue weighted by Crippen LogP contribution is 2.17. The Morgan fingerprint density at radius 1 is 1.29 bits per heavy atom. The molecule has 1 saturated carbocycles. The zero-order chi connectivity index (χ0) is 12.1. The lowest BCUT2D eigenvalue weighted by Gasteiger charge is -2.14. The lowest BCUT2D eigenvalue weighted by molar-refractivity contribution is 0.811. The van der Waals surface area contributed by atoms with E-state index in [-0.39, 0.29) is 0 Å². The first-order valence-electron chi connectivity index (χ1n) is 6.51. The largest absolute Gasteiger partial charge is 0.341 e. The van der Waals surface area contributed by atoms with Gasteiger partial charge in [-0.05, 0) is 45.7 Å². The molecule has 1 aromatic rings. The van der Waals surface area contributed by atoms with Crippen molar-refractivity contribution in [1.29, 1.82) is 0 Å². The second-order valence-electron chi connectivity index (χ2n) is 4.76. The SMILES string of the molecule is CNC1CC1.Cc1ccnc(N2CCCC2)n1. The minimum Gasteiger partial charge on any atom is -0.341 e. The first-order valence-corrected chi connectivity index (χ1v) is 6.51. The Hall–Kier alpha value is -1.16. The number of rotatable bonds is 2. The first kappa shape index (κ1) is 12.3. The lowest BCUT2D eigenvalue weighted by atomic mass is 10.4. The summed E-state index contributed by atoms with van der Waals surface area (Å²) in [7, 11) is 2.01. The van der Waals surface area contributed by atoms with Gasteiger partial charge in [-0.2, -0.15) is 0 Å². The van der Waals surface area contributed by atoms with E-state index in [4.69, 9.17) is 0 Å². The van der Waals surface area contributed by atoms with Gasteiger partial charge in [-0.25, -0.2) is 9.97 Å². The molecule has 0 bridgehead atoms. The van der Waals surface area contributed by atoms with Crippen molar-refractivity contribution >= 4 is 5.95 Å². The molecule has 0 unspecified atom stereocenters. The average Bonchev–Trinajstić information content (AvgIpc) is 3.03. The van der Waals surface area contributed by atoms with Gasteiger partial charge >= 0.3 is 0 Å². The molecule has 3 rings (SSSR count). The molecule has 1 aliphatic carbocycles. The molecule has 1 aromatic heterocycles. The zero-order valence-electron chi connectivity index (χ0n) is 10.8. The molecule has 4 heteroatoms. The van der Waals surface area contributed by atoms with Gasteiger partial charge in [0.1, 0.15) is 0 Å². The van der Waals surface area contributed by atoms with Crippen LogP contribution in [0.25, 0.3) is 0 Å². The molecule has 94 valence electrons. The Bertz CT molecular complexity index is 343. The normalized spacial score (nSPS) is 18.8. The van der Waals surface area contributed by atoms with Crippen LogP contribution >= 0.6 is 0 Å². The number of aryl methyl sites for hydroxylation is 1. The molecule has 0 radical (unpaired) electrons. The summed E-state index contributed by atoms with van der Waals surface area (Å²) < 4.78 is 0. The summed E-state index contributed by atoms with van der Waals surface area (Å²) in [6.07, 6.45) is 7.18. The van der Waals surface area contributed by atoms with Crippen molar-refractivity contribution in [1.82, 2.24) is 15.3 Å². The number of hydrogen-bond donors (Lipinski definition) is 1. The van der Waals surface area contributed by atoms with E-state index in [1.807, 2.05) is 26.2 Å². The second kappa shape index (κ2) is 5.96. The first-order chi connectivity index (χ1) is 8.29. The summed E-state index contributed by atoms with van der Waals surface area (Å²) in [6, 6.07) is 2.81. The quantitative estimate of drug-likeness (QED) is 0.846. The third-order valence-corrected chi connectivity index (χ3v) is 3.16. The highest BCUT2D eigenvalue weighted by Gasteiger charge is 2.17.